The minimum absolute atomic E-state index is 0. The summed E-state index contributed by atoms with van der Waals surface area (Å²) in [5.74, 6) is 0.913. The summed E-state index contributed by atoms with van der Waals surface area (Å²) in [4.78, 5) is 0. The van der Waals surface area contributed by atoms with Crippen LogP contribution in [0.3, 0.4) is 0 Å². The average Bonchev–Trinajstić information content (AvgIpc) is 2.26. The van der Waals surface area contributed by atoms with Gasteiger partial charge in [-0.15, -0.1) is 12.4 Å². The minimum atomic E-state index is 0. The molecule has 2 nitrogen and oxygen atoms in total. The molecule has 0 bridgehead atoms. The number of ether oxygens (including phenoxy) is 1. The van der Waals surface area contributed by atoms with Crippen molar-refractivity contribution in [2.24, 2.45) is 5.41 Å². The van der Waals surface area contributed by atoms with Crippen LogP contribution in [0.15, 0.2) is 18.2 Å². The Labute approximate surface area is 141 Å². The number of hydrogen-bond acceptors (Lipinski definition) is 2. The fraction of sp³-hybridized carbons (Fsp3) is 0.647. The zero-order valence-corrected chi connectivity index (χ0v) is 15.6. The first-order chi connectivity index (χ1) is 9.13. The Morgan fingerprint density at radius 1 is 1.14 bits per heavy atom. The van der Waals surface area contributed by atoms with E-state index in [4.69, 9.17) is 16.3 Å². The molecule has 0 fully saturated rings. The van der Waals surface area contributed by atoms with Gasteiger partial charge in [0.05, 0.1) is 6.61 Å². The molecule has 0 saturated heterocycles. The van der Waals surface area contributed by atoms with Crippen LogP contribution in [0.4, 0.5) is 0 Å². The molecule has 0 saturated carbocycles. The van der Waals surface area contributed by atoms with Crippen molar-refractivity contribution in [2.45, 2.75) is 60.0 Å². The third kappa shape index (κ3) is 7.94. The summed E-state index contributed by atoms with van der Waals surface area (Å²) in [5, 5.41) is 4.37. The molecule has 0 amide bonds. The summed E-state index contributed by atoms with van der Waals surface area (Å²) >= 11 is 6.09. The average molecular weight is 334 g/mol. The molecule has 0 heterocycles. The molecule has 1 aromatic carbocycles. The lowest BCUT2D eigenvalue weighted by molar-refractivity contribution is 0.239. The van der Waals surface area contributed by atoms with E-state index >= 15 is 0 Å². The normalized spacial score (nSPS) is 12.0. The molecule has 1 rings (SSSR count). The maximum atomic E-state index is 6.09. The summed E-state index contributed by atoms with van der Waals surface area (Å²) in [6.45, 7) is 14.7. The van der Waals surface area contributed by atoms with E-state index < -0.39 is 0 Å². The summed E-state index contributed by atoms with van der Waals surface area (Å²) < 4.78 is 5.66. The SMILES string of the molecule is CCOc1ccc(Cl)cc1CNC(C)(C)CC(C)(C)C.Cl. The van der Waals surface area contributed by atoms with Crippen molar-refractivity contribution in [1.29, 1.82) is 0 Å². The van der Waals surface area contributed by atoms with E-state index in [0.29, 0.717) is 12.0 Å². The van der Waals surface area contributed by atoms with Crippen LogP contribution in [0, 0.1) is 5.41 Å². The second-order valence-electron chi connectivity index (χ2n) is 7.16. The molecule has 0 aliphatic rings. The van der Waals surface area contributed by atoms with Crippen molar-refractivity contribution in [3.05, 3.63) is 28.8 Å². The Morgan fingerprint density at radius 2 is 1.76 bits per heavy atom. The number of halogens is 2. The topological polar surface area (TPSA) is 21.3 Å². The maximum absolute atomic E-state index is 6.09. The van der Waals surface area contributed by atoms with Crippen molar-refractivity contribution in [3.63, 3.8) is 0 Å². The molecule has 0 aliphatic carbocycles. The quantitative estimate of drug-likeness (QED) is 0.745. The third-order valence-electron chi connectivity index (χ3n) is 3.05. The predicted molar refractivity (Wildman–Crippen MR) is 94.9 cm³/mol. The highest BCUT2D eigenvalue weighted by atomic mass is 35.5. The third-order valence-corrected chi connectivity index (χ3v) is 3.29. The van der Waals surface area contributed by atoms with Crippen LogP contribution in [0.2, 0.25) is 5.02 Å². The second-order valence-corrected chi connectivity index (χ2v) is 7.60. The van der Waals surface area contributed by atoms with Crippen LogP contribution in [0.25, 0.3) is 0 Å². The number of rotatable bonds is 6. The van der Waals surface area contributed by atoms with Gasteiger partial charge in [0.15, 0.2) is 0 Å². The van der Waals surface area contributed by atoms with Crippen molar-refractivity contribution < 1.29 is 4.74 Å². The molecule has 1 N–H and O–H groups in total. The molecule has 122 valence electrons. The first-order valence-electron chi connectivity index (χ1n) is 7.29. The van der Waals surface area contributed by atoms with Gasteiger partial charge in [0.1, 0.15) is 5.75 Å². The van der Waals surface area contributed by atoms with Crippen LogP contribution < -0.4 is 10.1 Å². The highest BCUT2D eigenvalue weighted by molar-refractivity contribution is 6.30. The Balaban J connectivity index is 0.00000400. The van der Waals surface area contributed by atoms with Crippen molar-refractivity contribution in [1.82, 2.24) is 5.32 Å². The maximum Gasteiger partial charge on any atom is 0.123 e. The standard InChI is InChI=1S/C17H28ClNO.ClH/c1-7-20-15-9-8-14(18)10-13(15)11-19-17(5,6)12-16(2,3)4;/h8-10,19H,7,11-12H2,1-6H3;1H. The largest absolute Gasteiger partial charge is 0.494 e. The van der Waals surface area contributed by atoms with Crippen molar-refractivity contribution >= 4 is 24.0 Å². The van der Waals surface area contributed by atoms with E-state index in [1.165, 1.54) is 0 Å². The van der Waals surface area contributed by atoms with Gasteiger partial charge >= 0.3 is 0 Å². The van der Waals surface area contributed by atoms with Crippen molar-refractivity contribution in [3.8, 4) is 5.75 Å². The van der Waals surface area contributed by atoms with E-state index in [1.54, 1.807) is 0 Å². The molecule has 0 aliphatic heterocycles. The van der Waals surface area contributed by atoms with Crippen LogP contribution in [0.1, 0.15) is 53.5 Å². The number of hydrogen-bond donors (Lipinski definition) is 1. The molecule has 4 heteroatoms. The van der Waals surface area contributed by atoms with E-state index in [0.717, 1.165) is 29.3 Å². The Bertz CT molecular complexity index is 439. The van der Waals surface area contributed by atoms with Gasteiger partial charge < -0.3 is 10.1 Å². The molecule has 0 atom stereocenters. The first kappa shape index (κ1) is 20.6. The van der Waals surface area contributed by atoms with Crippen molar-refractivity contribution in [2.75, 3.05) is 6.61 Å². The zero-order valence-electron chi connectivity index (χ0n) is 14.0. The fourth-order valence-electron chi connectivity index (χ4n) is 2.71. The highest BCUT2D eigenvalue weighted by Gasteiger charge is 2.25. The smallest absolute Gasteiger partial charge is 0.123 e. The summed E-state index contributed by atoms with van der Waals surface area (Å²) in [5.41, 5.74) is 1.48. The lowest BCUT2D eigenvalue weighted by atomic mass is 9.82. The Morgan fingerprint density at radius 3 is 2.29 bits per heavy atom. The second kappa shape index (κ2) is 8.26. The number of benzene rings is 1. The highest BCUT2D eigenvalue weighted by Crippen LogP contribution is 2.28. The van der Waals surface area contributed by atoms with Gasteiger partial charge in [-0.05, 0) is 50.8 Å². The number of nitrogens with one attached hydrogen (secondary N) is 1. The minimum Gasteiger partial charge on any atom is -0.494 e. The van der Waals surface area contributed by atoms with E-state index in [2.05, 4.69) is 39.9 Å². The first-order valence-corrected chi connectivity index (χ1v) is 7.67. The van der Waals surface area contributed by atoms with Gasteiger partial charge in [0.2, 0.25) is 0 Å². The van der Waals surface area contributed by atoms with Gasteiger partial charge in [-0.1, -0.05) is 32.4 Å². The lowest BCUT2D eigenvalue weighted by Gasteiger charge is -2.33. The molecule has 0 radical (unpaired) electrons. The molecule has 21 heavy (non-hydrogen) atoms. The molecular formula is C17H29Cl2NO. The van der Waals surface area contributed by atoms with Gasteiger partial charge in [-0.25, -0.2) is 0 Å². The molecule has 0 unspecified atom stereocenters. The van der Waals surface area contributed by atoms with E-state index in [9.17, 15) is 0 Å². The summed E-state index contributed by atoms with van der Waals surface area (Å²) in [7, 11) is 0. The van der Waals surface area contributed by atoms with Crippen LogP contribution in [-0.4, -0.2) is 12.1 Å². The lowest BCUT2D eigenvalue weighted by Crippen LogP contribution is -2.41. The van der Waals surface area contributed by atoms with Gasteiger partial charge in [-0.2, -0.15) is 0 Å². The van der Waals surface area contributed by atoms with Gasteiger partial charge in [0, 0.05) is 22.7 Å². The monoisotopic (exact) mass is 333 g/mol. The Hall–Kier alpha value is -0.440. The fourth-order valence-corrected chi connectivity index (χ4v) is 2.90. The van der Waals surface area contributed by atoms with Crippen LogP contribution in [-0.2, 0) is 6.54 Å². The summed E-state index contributed by atoms with van der Waals surface area (Å²) in [6.07, 6.45) is 1.10. The van der Waals surface area contributed by atoms with Crippen LogP contribution in [0.5, 0.6) is 5.75 Å². The van der Waals surface area contributed by atoms with Crippen LogP contribution >= 0.6 is 24.0 Å². The molecular weight excluding hydrogens is 305 g/mol. The van der Waals surface area contributed by atoms with Gasteiger partial charge in [0.25, 0.3) is 0 Å². The van der Waals surface area contributed by atoms with E-state index in [1.807, 2.05) is 25.1 Å². The molecule has 0 spiro atoms. The molecule has 1 aromatic rings. The van der Waals surface area contributed by atoms with Gasteiger partial charge in [-0.3, -0.25) is 0 Å². The molecule has 0 aromatic heterocycles. The Kier molecular flexibility index (Phi) is 8.09. The summed E-state index contributed by atoms with van der Waals surface area (Å²) in [6, 6.07) is 5.79. The zero-order chi connectivity index (χ0) is 15.4. The predicted octanol–water partition coefficient (Wildman–Crippen LogP) is 5.46. The van der Waals surface area contributed by atoms with E-state index in [-0.39, 0.29) is 17.9 Å².